The highest BCUT2D eigenvalue weighted by Gasteiger charge is 2.31. The molecule has 0 atom stereocenters. The molecule has 0 spiro atoms. The maximum Gasteiger partial charge on any atom is 0.222 e. The zero-order valence-electron chi connectivity index (χ0n) is 12.1. The largest absolute Gasteiger partial charge is 0.342 e. The molecule has 1 fully saturated rings. The summed E-state index contributed by atoms with van der Waals surface area (Å²) in [4.78, 5) is 24.9. The molecule has 1 amide bonds. The highest BCUT2D eigenvalue weighted by atomic mass is 16.2. The van der Waals surface area contributed by atoms with Crippen LogP contribution in [0.5, 0.6) is 0 Å². The number of hydrogen-bond acceptors (Lipinski definition) is 2. The van der Waals surface area contributed by atoms with Crippen molar-refractivity contribution in [3.8, 4) is 0 Å². The maximum absolute atomic E-state index is 11.8. The van der Waals surface area contributed by atoms with Crippen molar-refractivity contribution in [1.29, 1.82) is 0 Å². The van der Waals surface area contributed by atoms with Gasteiger partial charge in [-0.05, 0) is 24.7 Å². The van der Waals surface area contributed by atoms with Gasteiger partial charge in [0.25, 0.3) is 0 Å². The van der Waals surface area contributed by atoms with E-state index in [9.17, 15) is 9.59 Å². The first kappa shape index (κ1) is 15.2. The van der Waals surface area contributed by atoms with Crippen LogP contribution in [-0.4, -0.2) is 29.7 Å². The van der Waals surface area contributed by atoms with Crippen LogP contribution in [0.25, 0.3) is 0 Å². The fraction of sp³-hybridized carbons (Fsp3) is 0.867. The number of likely N-dealkylation sites (tertiary alicyclic amines) is 1. The lowest BCUT2D eigenvalue weighted by atomic mass is 9.88. The van der Waals surface area contributed by atoms with Gasteiger partial charge in [-0.25, -0.2) is 0 Å². The van der Waals surface area contributed by atoms with Crippen LogP contribution in [0.4, 0.5) is 0 Å². The minimum Gasteiger partial charge on any atom is -0.342 e. The molecule has 0 unspecified atom stereocenters. The van der Waals surface area contributed by atoms with E-state index >= 15 is 0 Å². The third kappa shape index (κ3) is 4.79. The lowest BCUT2D eigenvalue weighted by Gasteiger charge is -2.41. The molecule has 0 saturated carbocycles. The molecule has 1 aliphatic heterocycles. The van der Waals surface area contributed by atoms with Gasteiger partial charge in [0.05, 0.1) is 0 Å². The molecule has 1 aliphatic rings. The summed E-state index contributed by atoms with van der Waals surface area (Å²) in [5, 5.41) is 0. The van der Waals surface area contributed by atoms with Crippen molar-refractivity contribution < 1.29 is 9.59 Å². The van der Waals surface area contributed by atoms with Gasteiger partial charge in [-0.2, -0.15) is 0 Å². The number of amides is 1. The molecular weight excluding hydrogens is 226 g/mol. The molecule has 3 heteroatoms. The van der Waals surface area contributed by atoms with E-state index in [4.69, 9.17) is 0 Å². The number of rotatable bonds is 8. The Hall–Kier alpha value is -0.860. The molecule has 0 radical (unpaired) electrons. The zero-order valence-corrected chi connectivity index (χ0v) is 12.1. The van der Waals surface area contributed by atoms with Crippen molar-refractivity contribution in [2.75, 3.05) is 13.1 Å². The normalized spacial score (nSPS) is 15.9. The van der Waals surface area contributed by atoms with Gasteiger partial charge in [-0.15, -0.1) is 0 Å². The molecular formula is C15H27NO2. The van der Waals surface area contributed by atoms with Crippen molar-refractivity contribution in [2.45, 2.75) is 59.3 Å². The van der Waals surface area contributed by atoms with Crippen molar-refractivity contribution in [2.24, 2.45) is 11.8 Å². The predicted octanol–water partition coefficient (Wildman–Crippen LogP) is 3.03. The Morgan fingerprint density at radius 2 is 1.72 bits per heavy atom. The summed E-state index contributed by atoms with van der Waals surface area (Å²) in [6.07, 6.45) is 4.85. The van der Waals surface area contributed by atoms with Gasteiger partial charge in [0.2, 0.25) is 5.91 Å². The smallest absolute Gasteiger partial charge is 0.222 e. The summed E-state index contributed by atoms with van der Waals surface area (Å²) in [6.45, 7) is 8.24. The molecule has 1 rings (SSSR count). The average Bonchev–Trinajstić information content (AvgIpc) is 2.25. The van der Waals surface area contributed by atoms with Crippen LogP contribution >= 0.6 is 0 Å². The monoisotopic (exact) mass is 253 g/mol. The topological polar surface area (TPSA) is 37.4 Å². The zero-order chi connectivity index (χ0) is 13.5. The third-order valence-electron chi connectivity index (χ3n) is 3.95. The van der Waals surface area contributed by atoms with E-state index in [-0.39, 0.29) is 0 Å². The van der Waals surface area contributed by atoms with Crippen LogP contribution in [-0.2, 0) is 9.59 Å². The van der Waals surface area contributed by atoms with E-state index in [0.29, 0.717) is 42.8 Å². The first-order valence-corrected chi connectivity index (χ1v) is 7.34. The van der Waals surface area contributed by atoms with Gasteiger partial charge in [-0.3, -0.25) is 9.59 Å². The maximum atomic E-state index is 11.8. The van der Waals surface area contributed by atoms with Crippen LogP contribution < -0.4 is 0 Å². The molecule has 0 N–H and O–H groups in total. The van der Waals surface area contributed by atoms with Gasteiger partial charge >= 0.3 is 0 Å². The van der Waals surface area contributed by atoms with Crippen molar-refractivity contribution >= 4 is 11.7 Å². The second kappa shape index (κ2) is 7.55. The van der Waals surface area contributed by atoms with Crippen LogP contribution in [0.15, 0.2) is 0 Å². The van der Waals surface area contributed by atoms with E-state index in [1.165, 1.54) is 0 Å². The highest BCUT2D eigenvalue weighted by Crippen LogP contribution is 2.24. The minimum atomic E-state index is 0.300. The third-order valence-corrected chi connectivity index (χ3v) is 3.95. The Morgan fingerprint density at radius 3 is 2.28 bits per heavy atom. The van der Waals surface area contributed by atoms with E-state index in [0.717, 1.165) is 32.4 Å². The molecule has 0 aliphatic carbocycles. The lowest BCUT2D eigenvalue weighted by Crippen LogP contribution is -2.51. The lowest BCUT2D eigenvalue weighted by molar-refractivity contribution is -0.138. The van der Waals surface area contributed by atoms with Gasteiger partial charge < -0.3 is 4.90 Å². The molecule has 1 heterocycles. The van der Waals surface area contributed by atoms with E-state index < -0.39 is 0 Å². The molecule has 104 valence electrons. The summed E-state index contributed by atoms with van der Waals surface area (Å²) in [6, 6.07) is 0. The summed E-state index contributed by atoms with van der Waals surface area (Å²) >= 11 is 0. The standard InChI is InChI=1S/C15H27NO2/c1-4-14(17)8-6-5-7-9-15(18)16-10-13(11-16)12(2)3/h12-13H,4-11H2,1-3H3. The number of ketones is 1. The number of carbonyl (C=O) groups is 2. The quantitative estimate of drug-likeness (QED) is 0.624. The van der Waals surface area contributed by atoms with Crippen LogP contribution in [0.3, 0.4) is 0 Å². The van der Waals surface area contributed by atoms with Crippen LogP contribution in [0, 0.1) is 11.8 Å². The van der Waals surface area contributed by atoms with Crippen LogP contribution in [0.1, 0.15) is 59.3 Å². The molecule has 3 nitrogen and oxygen atoms in total. The fourth-order valence-corrected chi connectivity index (χ4v) is 2.25. The molecule has 0 aromatic rings. The average molecular weight is 253 g/mol. The fourth-order valence-electron chi connectivity index (χ4n) is 2.25. The van der Waals surface area contributed by atoms with Gasteiger partial charge in [0.1, 0.15) is 5.78 Å². The van der Waals surface area contributed by atoms with E-state index in [1.807, 2.05) is 11.8 Å². The first-order valence-electron chi connectivity index (χ1n) is 7.34. The SMILES string of the molecule is CCC(=O)CCCCCC(=O)N1CC(C(C)C)C1. The van der Waals surface area contributed by atoms with E-state index in [2.05, 4.69) is 13.8 Å². The Kier molecular flexibility index (Phi) is 6.37. The van der Waals surface area contributed by atoms with Crippen LogP contribution in [0.2, 0.25) is 0 Å². The predicted molar refractivity (Wildman–Crippen MR) is 73.3 cm³/mol. The Labute approximate surface area is 111 Å². The Balaban J connectivity index is 2.00. The molecule has 0 aromatic carbocycles. The summed E-state index contributed by atoms with van der Waals surface area (Å²) in [5.74, 6) is 2.03. The highest BCUT2D eigenvalue weighted by molar-refractivity contribution is 5.78. The second-order valence-electron chi connectivity index (χ2n) is 5.76. The van der Waals surface area contributed by atoms with E-state index in [1.54, 1.807) is 0 Å². The summed E-state index contributed by atoms with van der Waals surface area (Å²) in [5.41, 5.74) is 0. The molecule has 0 bridgehead atoms. The van der Waals surface area contributed by atoms with Crippen molar-refractivity contribution in [3.63, 3.8) is 0 Å². The summed E-state index contributed by atoms with van der Waals surface area (Å²) in [7, 11) is 0. The number of Topliss-reactive ketones (excluding diaryl/α,β-unsaturated/α-hetero) is 1. The molecule has 1 saturated heterocycles. The van der Waals surface area contributed by atoms with Crippen molar-refractivity contribution in [1.82, 2.24) is 4.90 Å². The first-order chi connectivity index (χ1) is 8.54. The van der Waals surface area contributed by atoms with Gasteiger partial charge in [0, 0.05) is 32.4 Å². The molecule has 0 aromatic heterocycles. The minimum absolute atomic E-state index is 0.300. The van der Waals surface area contributed by atoms with Crippen molar-refractivity contribution in [3.05, 3.63) is 0 Å². The second-order valence-corrected chi connectivity index (χ2v) is 5.76. The summed E-state index contributed by atoms with van der Waals surface area (Å²) < 4.78 is 0. The number of hydrogen-bond donors (Lipinski definition) is 0. The van der Waals surface area contributed by atoms with Gasteiger partial charge in [0.15, 0.2) is 0 Å². The number of carbonyl (C=O) groups excluding carboxylic acids is 2. The Bertz CT molecular complexity index is 280. The molecule has 18 heavy (non-hydrogen) atoms. The van der Waals surface area contributed by atoms with Gasteiger partial charge in [-0.1, -0.05) is 27.2 Å². The Morgan fingerprint density at radius 1 is 1.11 bits per heavy atom. The number of unbranched alkanes of at least 4 members (excludes halogenated alkanes) is 2. The number of nitrogens with zero attached hydrogens (tertiary/aromatic N) is 1.